The van der Waals surface area contributed by atoms with Crippen LogP contribution >= 0.6 is 0 Å². The van der Waals surface area contributed by atoms with Gasteiger partial charge in [0.15, 0.2) is 0 Å². The Labute approximate surface area is 91.2 Å². The van der Waals surface area contributed by atoms with Gasteiger partial charge >= 0.3 is 0 Å². The number of methoxy groups -OCH3 is 1. The van der Waals surface area contributed by atoms with E-state index in [1.165, 1.54) is 0 Å². The van der Waals surface area contributed by atoms with Crippen LogP contribution in [0, 0.1) is 5.41 Å². The first-order valence-corrected chi connectivity index (χ1v) is 5.14. The van der Waals surface area contributed by atoms with E-state index >= 15 is 0 Å². The highest BCUT2D eigenvalue weighted by Gasteiger charge is 2.05. The second-order valence-corrected chi connectivity index (χ2v) is 3.45. The first kappa shape index (κ1) is 11.6. The van der Waals surface area contributed by atoms with Crippen LogP contribution in [0.25, 0.3) is 0 Å². The molecule has 3 nitrogen and oxygen atoms in total. The minimum atomic E-state index is 0.641. The summed E-state index contributed by atoms with van der Waals surface area (Å²) in [5.74, 6) is 1.48. The zero-order valence-corrected chi connectivity index (χ0v) is 9.58. The fraction of sp³-hybridized carbons (Fsp3) is 0.417. The van der Waals surface area contributed by atoms with Gasteiger partial charge in [-0.2, -0.15) is 0 Å². The van der Waals surface area contributed by atoms with E-state index in [9.17, 15) is 0 Å². The second kappa shape index (κ2) is 5.39. The smallest absolute Gasteiger partial charge is 0.119 e. The molecular formula is C12H18N2O. The number of ether oxygens (including phenoxy) is 1. The van der Waals surface area contributed by atoms with Gasteiger partial charge in [0.1, 0.15) is 5.75 Å². The highest BCUT2D eigenvalue weighted by molar-refractivity contribution is 5.94. The number of rotatable bonds is 4. The Morgan fingerprint density at radius 3 is 2.40 bits per heavy atom. The van der Waals surface area contributed by atoms with E-state index in [0.29, 0.717) is 5.84 Å². The molecule has 0 radical (unpaired) electrons. The van der Waals surface area contributed by atoms with Crippen molar-refractivity contribution in [2.75, 3.05) is 19.1 Å². The SMILES string of the molecule is CCCC(=N)N(C)c1ccc(OC)cc1. The molecule has 0 heterocycles. The molecule has 3 heteroatoms. The maximum absolute atomic E-state index is 7.83. The number of benzene rings is 1. The van der Waals surface area contributed by atoms with Gasteiger partial charge in [-0.15, -0.1) is 0 Å². The van der Waals surface area contributed by atoms with Crippen LogP contribution < -0.4 is 9.64 Å². The normalized spacial score (nSPS) is 9.80. The van der Waals surface area contributed by atoms with Crippen LogP contribution in [-0.4, -0.2) is 20.0 Å². The van der Waals surface area contributed by atoms with E-state index in [2.05, 4.69) is 6.92 Å². The van der Waals surface area contributed by atoms with Gasteiger partial charge in [-0.05, 0) is 30.7 Å². The average molecular weight is 206 g/mol. The number of hydrogen-bond acceptors (Lipinski definition) is 2. The fourth-order valence-corrected chi connectivity index (χ4v) is 1.37. The monoisotopic (exact) mass is 206 g/mol. The van der Waals surface area contributed by atoms with Crippen molar-refractivity contribution in [2.24, 2.45) is 0 Å². The predicted octanol–water partition coefficient (Wildman–Crippen LogP) is 2.91. The average Bonchev–Trinajstić information content (AvgIpc) is 2.28. The molecule has 0 unspecified atom stereocenters. The molecule has 0 spiro atoms. The Kier molecular flexibility index (Phi) is 4.16. The van der Waals surface area contributed by atoms with Gasteiger partial charge in [0.2, 0.25) is 0 Å². The summed E-state index contributed by atoms with van der Waals surface area (Å²) in [4.78, 5) is 1.89. The molecule has 0 aliphatic rings. The molecule has 0 saturated carbocycles. The Hall–Kier alpha value is -1.51. The lowest BCUT2D eigenvalue weighted by molar-refractivity contribution is 0.415. The quantitative estimate of drug-likeness (QED) is 0.607. The summed E-state index contributed by atoms with van der Waals surface area (Å²) in [5.41, 5.74) is 1.02. The molecule has 1 rings (SSSR count). The predicted molar refractivity (Wildman–Crippen MR) is 64.0 cm³/mol. The van der Waals surface area contributed by atoms with Crippen LogP contribution in [-0.2, 0) is 0 Å². The Morgan fingerprint density at radius 2 is 1.93 bits per heavy atom. The highest BCUT2D eigenvalue weighted by Crippen LogP contribution is 2.18. The number of hydrogen-bond donors (Lipinski definition) is 1. The van der Waals surface area contributed by atoms with Crippen molar-refractivity contribution in [3.8, 4) is 5.75 Å². The van der Waals surface area contributed by atoms with Crippen LogP contribution in [0.5, 0.6) is 5.75 Å². The van der Waals surface area contributed by atoms with E-state index in [1.807, 2.05) is 36.2 Å². The molecule has 0 bridgehead atoms. The molecule has 0 saturated heterocycles. The van der Waals surface area contributed by atoms with E-state index in [4.69, 9.17) is 10.1 Å². The lowest BCUT2D eigenvalue weighted by atomic mass is 10.2. The summed E-state index contributed by atoms with van der Waals surface area (Å²) in [6.45, 7) is 2.08. The lowest BCUT2D eigenvalue weighted by Gasteiger charge is -2.19. The molecule has 0 aliphatic carbocycles. The van der Waals surface area contributed by atoms with Crippen LogP contribution in [0.3, 0.4) is 0 Å². The van der Waals surface area contributed by atoms with Crippen molar-refractivity contribution in [3.05, 3.63) is 24.3 Å². The molecule has 1 aromatic carbocycles. The number of amidine groups is 1. The number of anilines is 1. The molecule has 82 valence electrons. The largest absolute Gasteiger partial charge is 0.497 e. The summed E-state index contributed by atoms with van der Waals surface area (Å²) in [5, 5.41) is 7.83. The minimum absolute atomic E-state index is 0.641. The van der Waals surface area contributed by atoms with Crippen molar-refractivity contribution in [1.82, 2.24) is 0 Å². The molecule has 15 heavy (non-hydrogen) atoms. The van der Waals surface area contributed by atoms with Crippen LogP contribution in [0.15, 0.2) is 24.3 Å². The Morgan fingerprint density at radius 1 is 1.33 bits per heavy atom. The van der Waals surface area contributed by atoms with E-state index in [0.717, 1.165) is 24.3 Å². The van der Waals surface area contributed by atoms with Gasteiger partial charge < -0.3 is 9.64 Å². The first-order valence-electron chi connectivity index (χ1n) is 5.14. The van der Waals surface area contributed by atoms with Crippen molar-refractivity contribution in [3.63, 3.8) is 0 Å². The van der Waals surface area contributed by atoms with Crippen molar-refractivity contribution in [2.45, 2.75) is 19.8 Å². The van der Waals surface area contributed by atoms with Gasteiger partial charge in [0.05, 0.1) is 12.9 Å². The molecular weight excluding hydrogens is 188 g/mol. The van der Waals surface area contributed by atoms with Crippen LogP contribution in [0.1, 0.15) is 19.8 Å². The molecule has 0 amide bonds. The molecule has 0 aliphatic heterocycles. The lowest BCUT2D eigenvalue weighted by Crippen LogP contribution is -2.24. The summed E-state index contributed by atoms with van der Waals surface area (Å²) < 4.78 is 5.08. The Bertz CT molecular complexity index is 319. The van der Waals surface area contributed by atoms with Gasteiger partial charge in [-0.3, -0.25) is 5.41 Å². The van der Waals surface area contributed by atoms with E-state index < -0.39 is 0 Å². The van der Waals surface area contributed by atoms with Crippen LogP contribution in [0.4, 0.5) is 5.69 Å². The van der Waals surface area contributed by atoms with Crippen molar-refractivity contribution < 1.29 is 4.74 Å². The van der Waals surface area contributed by atoms with E-state index in [1.54, 1.807) is 7.11 Å². The molecule has 0 fully saturated rings. The molecule has 0 atom stereocenters. The van der Waals surface area contributed by atoms with Crippen molar-refractivity contribution >= 4 is 11.5 Å². The van der Waals surface area contributed by atoms with Gasteiger partial charge in [0, 0.05) is 19.2 Å². The standard InChI is InChI=1S/C12H18N2O/c1-4-5-12(13)14(2)10-6-8-11(15-3)9-7-10/h6-9,13H,4-5H2,1-3H3. The fourth-order valence-electron chi connectivity index (χ4n) is 1.37. The highest BCUT2D eigenvalue weighted by atomic mass is 16.5. The number of nitrogens with zero attached hydrogens (tertiary/aromatic N) is 1. The maximum Gasteiger partial charge on any atom is 0.119 e. The number of nitrogens with one attached hydrogen (secondary N) is 1. The minimum Gasteiger partial charge on any atom is -0.497 e. The zero-order valence-electron chi connectivity index (χ0n) is 9.58. The third-order valence-corrected chi connectivity index (χ3v) is 2.35. The van der Waals surface area contributed by atoms with Gasteiger partial charge in [0.25, 0.3) is 0 Å². The maximum atomic E-state index is 7.83. The zero-order chi connectivity index (χ0) is 11.3. The van der Waals surface area contributed by atoms with Crippen molar-refractivity contribution in [1.29, 1.82) is 5.41 Å². The molecule has 1 N–H and O–H groups in total. The topological polar surface area (TPSA) is 36.3 Å². The Balaban J connectivity index is 2.73. The summed E-state index contributed by atoms with van der Waals surface area (Å²) >= 11 is 0. The third kappa shape index (κ3) is 2.98. The van der Waals surface area contributed by atoms with Crippen LogP contribution in [0.2, 0.25) is 0 Å². The van der Waals surface area contributed by atoms with Gasteiger partial charge in [-0.25, -0.2) is 0 Å². The molecule has 0 aromatic heterocycles. The summed E-state index contributed by atoms with van der Waals surface area (Å²) in [7, 11) is 3.57. The van der Waals surface area contributed by atoms with E-state index in [-0.39, 0.29) is 0 Å². The summed E-state index contributed by atoms with van der Waals surface area (Å²) in [6.07, 6.45) is 1.81. The van der Waals surface area contributed by atoms with Gasteiger partial charge in [-0.1, -0.05) is 6.92 Å². The molecule has 1 aromatic rings. The third-order valence-electron chi connectivity index (χ3n) is 2.35. The first-order chi connectivity index (χ1) is 7.19. The summed E-state index contributed by atoms with van der Waals surface area (Å²) in [6, 6.07) is 7.74. The second-order valence-electron chi connectivity index (χ2n) is 3.45.